The zero-order valence-corrected chi connectivity index (χ0v) is 17.3. The molecule has 7 heteroatoms. The van der Waals surface area contributed by atoms with Gasteiger partial charge in [-0.3, -0.25) is 9.52 Å². The van der Waals surface area contributed by atoms with Crippen LogP contribution in [0.15, 0.2) is 45.8 Å². The third-order valence-electron chi connectivity index (χ3n) is 4.57. The van der Waals surface area contributed by atoms with Gasteiger partial charge in [-0.15, -0.1) is 0 Å². The van der Waals surface area contributed by atoms with Crippen molar-refractivity contribution >= 4 is 43.2 Å². The van der Waals surface area contributed by atoms with Gasteiger partial charge in [-0.05, 0) is 71.1 Å². The number of sulfonamides is 1. The zero-order valence-electron chi connectivity index (χ0n) is 14.9. The summed E-state index contributed by atoms with van der Waals surface area (Å²) in [7, 11) is -3.79. The number of benzene rings is 2. The Balaban J connectivity index is 2.02. The Morgan fingerprint density at radius 2 is 2.04 bits per heavy atom. The van der Waals surface area contributed by atoms with Gasteiger partial charge >= 0.3 is 0 Å². The van der Waals surface area contributed by atoms with Crippen molar-refractivity contribution in [3.63, 3.8) is 0 Å². The molecule has 0 saturated carbocycles. The minimum Gasteiger partial charge on any atom is -0.309 e. The standard InChI is InChI=1S/C19H21BrN2O3S/c1-4-14-6-5-7-16(9-14)21-26(24,25)19-11-18-15(10-17(19)20)8-12(2)22(18)13(3)23/h5-7,9-12,21H,4,8H2,1-3H3/t12-/m0/s1. The van der Waals surface area contributed by atoms with Gasteiger partial charge < -0.3 is 4.90 Å². The van der Waals surface area contributed by atoms with E-state index in [1.165, 1.54) is 6.92 Å². The van der Waals surface area contributed by atoms with Crippen LogP contribution in [0.2, 0.25) is 0 Å². The van der Waals surface area contributed by atoms with Crippen LogP contribution in [0.3, 0.4) is 0 Å². The molecular formula is C19H21BrN2O3S. The Labute approximate surface area is 162 Å². The van der Waals surface area contributed by atoms with E-state index < -0.39 is 10.0 Å². The minimum absolute atomic E-state index is 0.0153. The lowest BCUT2D eigenvalue weighted by atomic mass is 10.1. The fourth-order valence-electron chi connectivity index (χ4n) is 3.37. The van der Waals surface area contributed by atoms with Crippen LogP contribution in [0, 0.1) is 0 Å². The first-order valence-electron chi connectivity index (χ1n) is 8.47. The molecule has 26 heavy (non-hydrogen) atoms. The molecule has 1 N–H and O–H groups in total. The highest BCUT2D eigenvalue weighted by molar-refractivity contribution is 9.10. The van der Waals surface area contributed by atoms with Gasteiger partial charge in [0.25, 0.3) is 10.0 Å². The zero-order chi connectivity index (χ0) is 19.1. The van der Waals surface area contributed by atoms with Gasteiger partial charge in [0.15, 0.2) is 0 Å². The van der Waals surface area contributed by atoms with Gasteiger partial charge in [0.1, 0.15) is 4.90 Å². The molecule has 0 saturated heterocycles. The summed E-state index contributed by atoms with van der Waals surface area (Å²) in [4.78, 5) is 13.8. The maximum Gasteiger partial charge on any atom is 0.263 e. The number of nitrogens with one attached hydrogen (secondary N) is 1. The number of nitrogens with zero attached hydrogens (tertiary/aromatic N) is 1. The number of halogens is 1. The molecule has 2 aromatic carbocycles. The van der Waals surface area contributed by atoms with E-state index in [4.69, 9.17) is 0 Å². The summed E-state index contributed by atoms with van der Waals surface area (Å²) in [5.74, 6) is -0.0921. The van der Waals surface area contributed by atoms with E-state index in [1.807, 2.05) is 32.0 Å². The monoisotopic (exact) mass is 436 g/mol. The topological polar surface area (TPSA) is 66.5 Å². The summed E-state index contributed by atoms with van der Waals surface area (Å²) in [6, 6.07) is 10.7. The Morgan fingerprint density at radius 1 is 1.31 bits per heavy atom. The lowest BCUT2D eigenvalue weighted by Crippen LogP contribution is -2.33. The summed E-state index contributed by atoms with van der Waals surface area (Å²) in [6.07, 6.45) is 1.53. The second-order valence-electron chi connectivity index (χ2n) is 6.51. The normalized spacial score (nSPS) is 16.5. The van der Waals surface area contributed by atoms with Gasteiger partial charge in [0.05, 0.1) is 0 Å². The molecule has 0 aliphatic carbocycles. The molecule has 1 heterocycles. The van der Waals surface area contributed by atoms with E-state index in [1.54, 1.807) is 23.1 Å². The molecule has 3 rings (SSSR count). The smallest absolute Gasteiger partial charge is 0.263 e. The third kappa shape index (κ3) is 3.50. The molecule has 138 valence electrons. The summed E-state index contributed by atoms with van der Waals surface area (Å²) in [6.45, 7) is 5.47. The van der Waals surface area contributed by atoms with Crippen molar-refractivity contribution in [1.29, 1.82) is 0 Å². The quantitative estimate of drug-likeness (QED) is 0.783. The van der Waals surface area contributed by atoms with E-state index in [-0.39, 0.29) is 16.8 Å². The predicted molar refractivity (Wildman–Crippen MR) is 107 cm³/mol. The molecule has 0 bridgehead atoms. The SMILES string of the molecule is CCc1cccc(NS(=O)(=O)c2cc3c(cc2Br)C[C@H](C)N3C(C)=O)c1. The molecule has 2 aromatic rings. The average molecular weight is 437 g/mol. The summed E-state index contributed by atoms with van der Waals surface area (Å²) >= 11 is 3.38. The van der Waals surface area contributed by atoms with E-state index in [2.05, 4.69) is 20.7 Å². The van der Waals surface area contributed by atoms with Crippen molar-refractivity contribution < 1.29 is 13.2 Å². The molecule has 1 amide bonds. The lowest BCUT2D eigenvalue weighted by Gasteiger charge is -2.21. The molecule has 0 fully saturated rings. The Hall–Kier alpha value is -1.86. The van der Waals surface area contributed by atoms with Gasteiger partial charge in [-0.1, -0.05) is 19.1 Å². The van der Waals surface area contributed by atoms with Gasteiger partial charge in [-0.2, -0.15) is 0 Å². The number of hydrogen-bond acceptors (Lipinski definition) is 3. The van der Waals surface area contributed by atoms with E-state index in [9.17, 15) is 13.2 Å². The first-order valence-corrected chi connectivity index (χ1v) is 10.7. The fraction of sp³-hybridized carbons (Fsp3) is 0.316. The van der Waals surface area contributed by atoms with E-state index >= 15 is 0 Å². The van der Waals surface area contributed by atoms with Crippen molar-refractivity contribution in [1.82, 2.24) is 0 Å². The van der Waals surface area contributed by atoms with Gasteiger partial charge in [0.2, 0.25) is 5.91 Å². The Morgan fingerprint density at radius 3 is 2.69 bits per heavy atom. The number of aryl methyl sites for hydroxylation is 1. The fourth-order valence-corrected chi connectivity index (χ4v) is 5.53. The number of fused-ring (bicyclic) bond motifs is 1. The van der Waals surface area contributed by atoms with Crippen molar-refractivity contribution in [3.05, 3.63) is 52.0 Å². The molecule has 0 unspecified atom stereocenters. The van der Waals surface area contributed by atoms with Crippen LogP contribution in [-0.2, 0) is 27.7 Å². The van der Waals surface area contributed by atoms with Gasteiger partial charge in [0, 0.05) is 28.8 Å². The van der Waals surface area contributed by atoms with E-state index in [0.717, 1.165) is 17.5 Å². The van der Waals surface area contributed by atoms with Gasteiger partial charge in [-0.25, -0.2) is 8.42 Å². The summed E-state index contributed by atoms with van der Waals surface area (Å²) in [5.41, 5.74) is 3.20. The van der Waals surface area contributed by atoms with Crippen molar-refractivity contribution in [3.8, 4) is 0 Å². The molecule has 1 aliphatic rings. The number of amides is 1. The highest BCUT2D eigenvalue weighted by Crippen LogP contribution is 2.38. The van der Waals surface area contributed by atoms with Crippen LogP contribution in [0.1, 0.15) is 31.9 Å². The van der Waals surface area contributed by atoms with Crippen LogP contribution >= 0.6 is 15.9 Å². The second-order valence-corrected chi connectivity index (χ2v) is 9.02. The van der Waals surface area contributed by atoms with Crippen molar-refractivity contribution in [2.75, 3.05) is 9.62 Å². The molecule has 5 nitrogen and oxygen atoms in total. The first kappa shape index (κ1) is 18.9. The molecule has 1 aliphatic heterocycles. The van der Waals surface area contributed by atoms with Crippen LogP contribution < -0.4 is 9.62 Å². The summed E-state index contributed by atoms with van der Waals surface area (Å²) < 4.78 is 29.0. The minimum atomic E-state index is -3.79. The average Bonchev–Trinajstić information content (AvgIpc) is 2.88. The largest absolute Gasteiger partial charge is 0.309 e. The second kappa shape index (κ2) is 7.04. The molecule has 0 aromatic heterocycles. The highest BCUT2D eigenvalue weighted by atomic mass is 79.9. The highest BCUT2D eigenvalue weighted by Gasteiger charge is 2.32. The number of anilines is 2. The van der Waals surface area contributed by atoms with Crippen LogP contribution in [0.5, 0.6) is 0 Å². The molecule has 1 atom stereocenters. The number of rotatable bonds is 4. The summed E-state index contributed by atoms with van der Waals surface area (Å²) in [5, 5.41) is 0. The maximum atomic E-state index is 12.9. The predicted octanol–water partition coefficient (Wildman–Crippen LogP) is 4.11. The molecule has 0 spiro atoms. The first-order chi connectivity index (χ1) is 12.2. The number of carbonyl (C=O) groups is 1. The lowest BCUT2D eigenvalue weighted by molar-refractivity contribution is -0.116. The third-order valence-corrected chi connectivity index (χ3v) is 6.90. The van der Waals surface area contributed by atoms with Crippen LogP contribution in [-0.4, -0.2) is 20.4 Å². The number of hydrogen-bond donors (Lipinski definition) is 1. The Bertz CT molecular complexity index is 973. The molecule has 0 radical (unpaired) electrons. The van der Waals surface area contributed by atoms with Crippen LogP contribution in [0.25, 0.3) is 0 Å². The maximum absolute atomic E-state index is 12.9. The van der Waals surface area contributed by atoms with Crippen molar-refractivity contribution in [2.24, 2.45) is 0 Å². The molecular weight excluding hydrogens is 416 g/mol. The number of carbonyl (C=O) groups excluding carboxylic acids is 1. The van der Waals surface area contributed by atoms with E-state index in [0.29, 0.717) is 22.3 Å². The van der Waals surface area contributed by atoms with Crippen molar-refractivity contribution in [2.45, 2.75) is 44.6 Å². The Kier molecular flexibility index (Phi) is 5.12. The van der Waals surface area contributed by atoms with Crippen LogP contribution in [0.4, 0.5) is 11.4 Å².